The number of rotatable bonds is 5. The monoisotopic (exact) mass is 256 g/mol. The molecule has 0 aliphatic rings. The van der Waals surface area contributed by atoms with Gasteiger partial charge >= 0.3 is 5.97 Å². The summed E-state index contributed by atoms with van der Waals surface area (Å²) in [5.74, 6) is -0.776. The number of carbonyl (C=O) groups is 1. The van der Waals surface area contributed by atoms with Gasteiger partial charge in [0.15, 0.2) is 9.84 Å². The second-order valence-corrected chi connectivity index (χ2v) is 6.34. The second kappa shape index (κ2) is 5.31. The van der Waals surface area contributed by atoms with Crippen molar-refractivity contribution in [2.45, 2.75) is 24.7 Å². The van der Waals surface area contributed by atoms with Crippen LogP contribution >= 0.6 is 0 Å². The first-order valence-corrected chi connectivity index (χ1v) is 7.19. The summed E-state index contributed by atoms with van der Waals surface area (Å²) in [5, 5.41) is 8.63. The van der Waals surface area contributed by atoms with Crippen LogP contribution in [-0.4, -0.2) is 25.7 Å². The summed E-state index contributed by atoms with van der Waals surface area (Å²) in [5.41, 5.74) is 0.950. The molecular weight excluding hydrogens is 240 g/mol. The van der Waals surface area contributed by atoms with E-state index in [9.17, 15) is 13.2 Å². The summed E-state index contributed by atoms with van der Waals surface area (Å²) in [4.78, 5) is 10.8. The third-order valence-electron chi connectivity index (χ3n) is 2.46. The number of sulfone groups is 1. The fraction of sp³-hybridized carbons (Fsp3) is 0.417. The maximum atomic E-state index is 11.2. The van der Waals surface area contributed by atoms with E-state index in [1.807, 2.05) is 6.92 Å². The number of benzene rings is 1. The Morgan fingerprint density at radius 2 is 1.82 bits per heavy atom. The SMILES string of the molecule is CC(CC(=O)O)Cc1ccc(S(C)(=O)=O)cc1. The molecular formula is C12H16O4S. The molecule has 17 heavy (non-hydrogen) atoms. The molecule has 1 rings (SSSR count). The first-order chi connectivity index (χ1) is 7.79. The molecule has 0 spiro atoms. The molecule has 1 unspecified atom stereocenters. The van der Waals surface area contributed by atoms with Crippen molar-refractivity contribution in [3.63, 3.8) is 0 Å². The average Bonchev–Trinajstić information content (AvgIpc) is 2.15. The molecule has 1 aromatic rings. The lowest BCUT2D eigenvalue weighted by Gasteiger charge is -2.08. The van der Waals surface area contributed by atoms with Crippen molar-refractivity contribution in [2.24, 2.45) is 5.92 Å². The molecule has 0 amide bonds. The van der Waals surface area contributed by atoms with Crippen molar-refractivity contribution < 1.29 is 18.3 Å². The number of carboxylic acids is 1. The lowest BCUT2D eigenvalue weighted by molar-refractivity contribution is -0.137. The minimum Gasteiger partial charge on any atom is -0.481 e. The van der Waals surface area contributed by atoms with Gasteiger partial charge in [-0.15, -0.1) is 0 Å². The molecule has 0 aromatic heterocycles. The van der Waals surface area contributed by atoms with Crippen molar-refractivity contribution in [1.82, 2.24) is 0 Å². The van der Waals surface area contributed by atoms with Crippen LogP contribution in [0.25, 0.3) is 0 Å². The van der Waals surface area contributed by atoms with E-state index in [-0.39, 0.29) is 17.2 Å². The van der Waals surface area contributed by atoms with Crippen LogP contribution < -0.4 is 0 Å². The Balaban J connectivity index is 2.72. The predicted octanol–water partition coefficient (Wildman–Crippen LogP) is 1.74. The molecule has 94 valence electrons. The first kappa shape index (κ1) is 13.7. The van der Waals surface area contributed by atoms with Gasteiger partial charge in [-0.05, 0) is 30.0 Å². The van der Waals surface area contributed by atoms with Crippen LogP contribution in [0.2, 0.25) is 0 Å². The van der Waals surface area contributed by atoms with Gasteiger partial charge in [-0.3, -0.25) is 4.79 Å². The molecule has 0 aliphatic carbocycles. The van der Waals surface area contributed by atoms with E-state index in [4.69, 9.17) is 5.11 Å². The molecule has 5 heteroatoms. The average molecular weight is 256 g/mol. The van der Waals surface area contributed by atoms with Crippen molar-refractivity contribution in [3.05, 3.63) is 29.8 Å². The standard InChI is InChI=1S/C12H16O4S/c1-9(8-12(13)14)7-10-3-5-11(6-4-10)17(2,15)16/h3-6,9H,7-8H2,1-2H3,(H,13,14). The summed E-state index contributed by atoms with van der Waals surface area (Å²) in [7, 11) is -3.16. The van der Waals surface area contributed by atoms with Gasteiger partial charge < -0.3 is 5.11 Å². The van der Waals surface area contributed by atoms with Gasteiger partial charge in [-0.1, -0.05) is 19.1 Å². The Morgan fingerprint density at radius 1 is 1.29 bits per heavy atom. The van der Waals surface area contributed by atoms with Crippen LogP contribution in [0.1, 0.15) is 18.9 Å². The van der Waals surface area contributed by atoms with Crippen LogP contribution in [0.5, 0.6) is 0 Å². The van der Waals surface area contributed by atoms with E-state index in [1.165, 1.54) is 0 Å². The highest BCUT2D eigenvalue weighted by atomic mass is 32.2. The smallest absolute Gasteiger partial charge is 0.303 e. The zero-order valence-electron chi connectivity index (χ0n) is 9.88. The summed E-state index contributed by atoms with van der Waals surface area (Å²) < 4.78 is 22.5. The molecule has 0 bridgehead atoms. The van der Waals surface area contributed by atoms with E-state index in [0.29, 0.717) is 6.42 Å². The summed E-state index contributed by atoms with van der Waals surface area (Å²) in [6, 6.07) is 6.57. The molecule has 0 saturated heterocycles. The summed E-state index contributed by atoms with van der Waals surface area (Å²) in [6.07, 6.45) is 1.92. The molecule has 1 aromatic carbocycles. The molecule has 4 nitrogen and oxygen atoms in total. The predicted molar refractivity (Wildman–Crippen MR) is 64.7 cm³/mol. The van der Waals surface area contributed by atoms with Gasteiger partial charge in [-0.25, -0.2) is 8.42 Å². The van der Waals surface area contributed by atoms with Crippen molar-refractivity contribution in [3.8, 4) is 0 Å². The van der Waals surface area contributed by atoms with Crippen LogP contribution in [0, 0.1) is 5.92 Å². The van der Waals surface area contributed by atoms with Gasteiger partial charge in [0.2, 0.25) is 0 Å². The zero-order valence-corrected chi connectivity index (χ0v) is 10.7. The van der Waals surface area contributed by atoms with Gasteiger partial charge in [-0.2, -0.15) is 0 Å². The third-order valence-corrected chi connectivity index (χ3v) is 3.59. The Labute approximate surface area is 101 Å². The molecule has 0 saturated carbocycles. The molecule has 0 radical (unpaired) electrons. The maximum absolute atomic E-state index is 11.2. The quantitative estimate of drug-likeness (QED) is 0.871. The van der Waals surface area contributed by atoms with Crippen LogP contribution in [-0.2, 0) is 21.1 Å². The molecule has 0 heterocycles. The Morgan fingerprint density at radius 3 is 2.24 bits per heavy atom. The topological polar surface area (TPSA) is 71.4 Å². The highest BCUT2D eigenvalue weighted by molar-refractivity contribution is 7.90. The number of aliphatic carboxylic acids is 1. The Kier molecular flexibility index (Phi) is 4.28. The Hall–Kier alpha value is -1.36. The normalized spacial score (nSPS) is 13.3. The van der Waals surface area contributed by atoms with Crippen LogP contribution in [0.3, 0.4) is 0 Å². The van der Waals surface area contributed by atoms with Crippen molar-refractivity contribution >= 4 is 15.8 Å². The molecule has 0 aliphatic heterocycles. The summed E-state index contributed by atoms with van der Waals surface area (Å²) in [6.45, 7) is 1.86. The number of hydrogen-bond acceptors (Lipinski definition) is 3. The fourth-order valence-corrected chi connectivity index (χ4v) is 2.28. The Bertz CT molecular complexity index is 488. The second-order valence-electron chi connectivity index (χ2n) is 4.32. The summed E-state index contributed by atoms with van der Waals surface area (Å²) >= 11 is 0. The highest BCUT2D eigenvalue weighted by Crippen LogP contribution is 2.15. The van der Waals surface area contributed by atoms with E-state index < -0.39 is 15.8 Å². The third kappa shape index (κ3) is 4.56. The van der Waals surface area contributed by atoms with E-state index >= 15 is 0 Å². The van der Waals surface area contributed by atoms with Gasteiger partial charge in [0.05, 0.1) is 4.90 Å². The van der Waals surface area contributed by atoms with E-state index in [2.05, 4.69) is 0 Å². The van der Waals surface area contributed by atoms with Gasteiger partial charge in [0.1, 0.15) is 0 Å². The van der Waals surface area contributed by atoms with Gasteiger partial charge in [0, 0.05) is 12.7 Å². The highest BCUT2D eigenvalue weighted by Gasteiger charge is 2.10. The van der Waals surface area contributed by atoms with Crippen LogP contribution in [0.15, 0.2) is 29.2 Å². The van der Waals surface area contributed by atoms with E-state index in [1.54, 1.807) is 24.3 Å². The molecule has 1 N–H and O–H groups in total. The largest absolute Gasteiger partial charge is 0.481 e. The lowest BCUT2D eigenvalue weighted by atomic mass is 9.98. The minimum absolute atomic E-state index is 0.0385. The van der Waals surface area contributed by atoms with Crippen molar-refractivity contribution in [1.29, 1.82) is 0 Å². The minimum atomic E-state index is -3.16. The first-order valence-electron chi connectivity index (χ1n) is 5.30. The number of carboxylic acid groups (broad SMARTS) is 1. The maximum Gasteiger partial charge on any atom is 0.303 e. The van der Waals surface area contributed by atoms with Gasteiger partial charge in [0.25, 0.3) is 0 Å². The van der Waals surface area contributed by atoms with Crippen LogP contribution in [0.4, 0.5) is 0 Å². The zero-order chi connectivity index (χ0) is 13.1. The molecule has 1 atom stereocenters. The lowest BCUT2D eigenvalue weighted by Crippen LogP contribution is -2.07. The fourth-order valence-electron chi connectivity index (χ4n) is 1.65. The van der Waals surface area contributed by atoms with E-state index in [0.717, 1.165) is 11.8 Å². The van der Waals surface area contributed by atoms with Crippen molar-refractivity contribution in [2.75, 3.05) is 6.26 Å². The molecule has 0 fully saturated rings. The number of hydrogen-bond donors (Lipinski definition) is 1.